The van der Waals surface area contributed by atoms with Crippen molar-refractivity contribution in [1.29, 1.82) is 0 Å². The van der Waals surface area contributed by atoms with E-state index in [0.717, 1.165) is 31.2 Å². The second-order valence-corrected chi connectivity index (χ2v) is 7.51. The molecule has 0 spiro atoms. The minimum absolute atomic E-state index is 0.00738. The lowest BCUT2D eigenvalue weighted by molar-refractivity contribution is 0.0955. The van der Waals surface area contributed by atoms with Crippen LogP contribution in [0.4, 0.5) is 0 Å². The number of hydrogen-bond acceptors (Lipinski definition) is 3. The van der Waals surface area contributed by atoms with E-state index in [1.54, 1.807) is 19.1 Å². The molecule has 5 nitrogen and oxygen atoms in total. The Balaban J connectivity index is 2.23. The van der Waals surface area contributed by atoms with Crippen LogP contribution in [-0.2, 0) is 10.0 Å². The number of amides is 1. The van der Waals surface area contributed by atoms with E-state index in [1.165, 1.54) is 12.5 Å². The summed E-state index contributed by atoms with van der Waals surface area (Å²) < 4.78 is 27.8. The highest BCUT2D eigenvalue weighted by atomic mass is 32.2. The fraction of sp³-hybridized carbons (Fsp3) is 0.562. The Morgan fingerprint density at radius 3 is 2.55 bits per heavy atom. The molecule has 0 aromatic heterocycles. The van der Waals surface area contributed by atoms with Gasteiger partial charge in [-0.25, -0.2) is 13.1 Å². The van der Waals surface area contributed by atoms with Crippen LogP contribution < -0.4 is 10.0 Å². The molecule has 0 aliphatic heterocycles. The second kappa shape index (κ2) is 7.24. The van der Waals surface area contributed by atoms with Gasteiger partial charge in [0.25, 0.3) is 5.91 Å². The summed E-state index contributed by atoms with van der Waals surface area (Å²) in [6.07, 6.45) is 5.06. The van der Waals surface area contributed by atoms with Gasteiger partial charge >= 0.3 is 0 Å². The Morgan fingerprint density at radius 1 is 1.23 bits per heavy atom. The van der Waals surface area contributed by atoms with Gasteiger partial charge in [-0.15, -0.1) is 0 Å². The summed E-state index contributed by atoms with van der Waals surface area (Å²) >= 11 is 0. The molecule has 1 amide bonds. The minimum Gasteiger partial charge on any atom is -0.352 e. The molecular formula is C16H24N2O3S. The first-order valence-corrected chi connectivity index (χ1v) is 9.33. The topological polar surface area (TPSA) is 75.3 Å². The summed E-state index contributed by atoms with van der Waals surface area (Å²) in [6, 6.07) is 4.71. The monoisotopic (exact) mass is 324 g/mol. The molecule has 1 fully saturated rings. The number of rotatable bonds is 5. The SMILES string of the molecule is CCNC(=O)c1cc(S(=O)(=O)NC2CCCCC2)ccc1C. The molecule has 0 atom stereocenters. The maximum atomic E-state index is 12.5. The number of hydrogen-bond donors (Lipinski definition) is 2. The molecule has 1 aromatic rings. The van der Waals surface area contributed by atoms with Crippen LogP contribution in [0.3, 0.4) is 0 Å². The second-order valence-electron chi connectivity index (χ2n) is 5.79. The molecular weight excluding hydrogens is 300 g/mol. The van der Waals surface area contributed by atoms with E-state index >= 15 is 0 Å². The highest BCUT2D eigenvalue weighted by Crippen LogP contribution is 2.21. The fourth-order valence-corrected chi connectivity index (χ4v) is 4.11. The van der Waals surface area contributed by atoms with E-state index < -0.39 is 10.0 Å². The van der Waals surface area contributed by atoms with Crippen molar-refractivity contribution in [2.45, 2.75) is 56.9 Å². The Kier molecular flexibility index (Phi) is 5.58. The largest absolute Gasteiger partial charge is 0.352 e. The van der Waals surface area contributed by atoms with Crippen LogP contribution in [-0.4, -0.2) is 26.9 Å². The molecule has 1 aliphatic rings. The highest BCUT2D eigenvalue weighted by molar-refractivity contribution is 7.89. The van der Waals surface area contributed by atoms with Crippen molar-refractivity contribution in [3.63, 3.8) is 0 Å². The van der Waals surface area contributed by atoms with Crippen LogP contribution in [0.5, 0.6) is 0 Å². The van der Waals surface area contributed by atoms with Gasteiger partial charge in [0.05, 0.1) is 4.90 Å². The maximum Gasteiger partial charge on any atom is 0.251 e. The van der Waals surface area contributed by atoms with Gasteiger partial charge in [0.15, 0.2) is 0 Å². The molecule has 2 rings (SSSR count). The van der Waals surface area contributed by atoms with Crippen molar-refractivity contribution >= 4 is 15.9 Å². The molecule has 0 heterocycles. The molecule has 122 valence electrons. The predicted octanol–water partition coefficient (Wildman–Crippen LogP) is 2.36. The quantitative estimate of drug-likeness (QED) is 0.873. The summed E-state index contributed by atoms with van der Waals surface area (Å²) in [5.74, 6) is -0.241. The first-order chi connectivity index (χ1) is 10.4. The van der Waals surface area contributed by atoms with Crippen LogP contribution in [0.2, 0.25) is 0 Å². The van der Waals surface area contributed by atoms with Gasteiger partial charge in [0.2, 0.25) is 10.0 Å². The van der Waals surface area contributed by atoms with Gasteiger partial charge in [-0.05, 0) is 44.4 Å². The fourth-order valence-electron chi connectivity index (χ4n) is 2.78. The van der Waals surface area contributed by atoms with Gasteiger partial charge in [-0.1, -0.05) is 25.3 Å². The maximum absolute atomic E-state index is 12.5. The van der Waals surface area contributed by atoms with Gasteiger partial charge in [0.1, 0.15) is 0 Å². The van der Waals surface area contributed by atoms with Crippen LogP contribution in [0.1, 0.15) is 54.9 Å². The zero-order valence-electron chi connectivity index (χ0n) is 13.2. The van der Waals surface area contributed by atoms with Crippen molar-refractivity contribution in [3.8, 4) is 0 Å². The summed E-state index contributed by atoms with van der Waals surface area (Å²) in [6.45, 7) is 4.14. The smallest absolute Gasteiger partial charge is 0.251 e. The van der Waals surface area contributed by atoms with Crippen LogP contribution in [0.25, 0.3) is 0 Å². The summed E-state index contributed by atoms with van der Waals surface area (Å²) in [5, 5.41) is 2.71. The van der Waals surface area contributed by atoms with E-state index in [1.807, 2.05) is 6.92 Å². The van der Waals surface area contributed by atoms with Crippen LogP contribution in [0.15, 0.2) is 23.1 Å². The lowest BCUT2D eigenvalue weighted by Crippen LogP contribution is -2.36. The molecule has 1 saturated carbocycles. The lowest BCUT2D eigenvalue weighted by atomic mass is 9.96. The number of carbonyl (C=O) groups excluding carboxylic acids is 1. The van der Waals surface area contributed by atoms with Crippen LogP contribution >= 0.6 is 0 Å². The van der Waals surface area contributed by atoms with Crippen LogP contribution in [0, 0.1) is 6.92 Å². The van der Waals surface area contributed by atoms with E-state index in [9.17, 15) is 13.2 Å². The zero-order valence-corrected chi connectivity index (χ0v) is 14.0. The first-order valence-electron chi connectivity index (χ1n) is 7.85. The molecule has 2 N–H and O–H groups in total. The van der Waals surface area contributed by atoms with E-state index in [2.05, 4.69) is 10.0 Å². The van der Waals surface area contributed by atoms with Crippen molar-refractivity contribution in [2.75, 3.05) is 6.54 Å². The average molecular weight is 324 g/mol. The van der Waals surface area contributed by atoms with E-state index in [0.29, 0.717) is 12.1 Å². The normalized spacial score (nSPS) is 16.5. The van der Waals surface area contributed by atoms with Crippen molar-refractivity contribution in [1.82, 2.24) is 10.0 Å². The summed E-state index contributed by atoms with van der Waals surface area (Å²) in [5.41, 5.74) is 1.18. The first kappa shape index (κ1) is 17.0. The molecule has 0 saturated heterocycles. The Hall–Kier alpha value is -1.40. The van der Waals surface area contributed by atoms with Gasteiger partial charge < -0.3 is 5.32 Å². The molecule has 1 aromatic carbocycles. The minimum atomic E-state index is -3.58. The van der Waals surface area contributed by atoms with Gasteiger partial charge in [0, 0.05) is 18.2 Å². The number of nitrogens with one attached hydrogen (secondary N) is 2. The third-order valence-electron chi connectivity index (χ3n) is 4.03. The number of aryl methyl sites for hydroxylation is 1. The molecule has 0 unspecified atom stereocenters. The van der Waals surface area contributed by atoms with E-state index in [4.69, 9.17) is 0 Å². The number of benzene rings is 1. The zero-order chi connectivity index (χ0) is 16.2. The van der Waals surface area contributed by atoms with Crippen molar-refractivity contribution in [3.05, 3.63) is 29.3 Å². The summed E-state index contributed by atoms with van der Waals surface area (Å²) in [7, 11) is -3.58. The Bertz CT molecular complexity index is 635. The standard InChI is InChI=1S/C16H24N2O3S/c1-3-17-16(19)15-11-14(10-9-12(15)2)22(20,21)18-13-7-5-4-6-8-13/h9-11,13,18H,3-8H2,1-2H3,(H,17,19). The van der Waals surface area contributed by atoms with Gasteiger partial charge in [-0.2, -0.15) is 0 Å². The van der Waals surface area contributed by atoms with E-state index in [-0.39, 0.29) is 16.8 Å². The van der Waals surface area contributed by atoms with Crippen molar-refractivity contribution in [2.24, 2.45) is 0 Å². The van der Waals surface area contributed by atoms with Gasteiger partial charge in [-0.3, -0.25) is 4.79 Å². The molecule has 6 heteroatoms. The molecule has 0 radical (unpaired) electrons. The number of carbonyl (C=O) groups is 1. The third kappa shape index (κ3) is 4.08. The molecule has 22 heavy (non-hydrogen) atoms. The third-order valence-corrected chi connectivity index (χ3v) is 5.55. The van der Waals surface area contributed by atoms with Crippen molar-refractivity contribution < 1.29 is 13.2 Å². The molecule has 1 aliphatic carbocycles. The Labute approximate surface area is 132 Å². The molecule has 0 bridgehead atoms. The Morgan fingerprint density at radius 2 is 1.91 bits per heavy atom. The summed E-state index contributed by atoms with van der Waals surface area (Å²) in [4.78, 5) is 12.2. The predicted molar refractivity (Wildman–Crippen MR) is 86.4 cm³/mol. The number of sulfonamides is 1. The average Bonchev–Trinajstić information content (AvgIpc) is 2.48. The lowest BCUT2D eigenvalue weighted by Gasteiger charge is -2.22. The highest BCUT2D eigenvalue weighted by Gasteiger charge is 2.23.